The van der Waals surface area contributed by atoms with E-state index in [0.717, 1.165) is 22.5 Å². The molecule has 1 atom stereocenters. The molecule has 0 aliphatic carbocycles. The number of nitriles is 1. The fourth-order valence-electron chi connectivity index (χ4n) is 3.32. The van der Waals surface area contributed by atoms with E-state index in [1.807, 2.05) is 43.7 Å². The van der Waals surface area contributed by atoms with Gasteiger partial charge in [0.2, 0.25) is 5.91 Å². The smallest absolute Gasteiger partial charge is 0.244 e. The molecule has 1 unspecified atom stereocenters. The molecule has 1 heterocycles. The van der Waals surface area contributed by atoms with Crippen molar-refractivity contribution >= 4 is 12.0 Å². The SMILES string of the molecule is Cc1ccc(Cn2nc(C)c(/C=C/C(=O)NC(C)c3ccc(C#N)cc3)c2C)cc1. The van der Waals surface area contributed by atoms with Crippen molar-refractivity contribution in [3.63, 3.8) is 0 Å². The molecule has 3 aromatic rings. The van der Waals surface area contributed by atoms with Crippen LogP contribution in [0.5, 0.6) is 0 Å². The number of aromatic nitrogens is 2. The molecule has 152 valence electrons. The van der Waals surface area contributed by atoms with Crippen LogP contribution in [0.25, 0.3) is 6.08 Å². The lowest BCUT2D eigenvalue weighted by Crippen LogP contribution is -2.24. The second-order valence-corrected chi connectivity index (χ2v) is 7.53. The fraction of sp³-hybridized carbons (Fsp3) is 0.240. The number of rotatable bonds is 6. The third kappa shape index (κ3) is 5.03. The maximum atomic E-state index is 12.4. The van der Waals surface area contributed by atoms with E-state index in [9.17, 15) is 4.79 Å². The van der Waals surface area contributed by atoms with Crippen LogP contribution in [-0.4, -0.2) is 15.7 Å². The molecule has 0 fully saturated rings. The Labute approximate surface area is 177 Å². The van der Waals surface area contributed by atoms with E-state index in [4.69, 9.17) is 5.26 Å². The Morgan fingerprint density at radius 1 is 1.13 bits per heavy atom. The zero-order valence-corrected chi connectivity index (χ0v) is 17.8. The number of hydrogen-bond donors (Lipinski definition) is 1. The molecule has 1 N–H and O–H groups in total. The second-order valence-electron chi connectivity index (χ2n) is 7.53. The summed E-state index contributed by atoms with van der Waals surface area (Å²) in [5.74, 6) is -0.169. The summed E-state index contributed by atoms with van der Waals surface area (Å²) in [6.45, 7) is 8.66. The van der Waals surface area contributed by atoms with Crippen LogP contribution in [0.3, 0.4) is 0 Å². The molecular formula is C25H26N4O. The van der Waals surface area contributed by atoms with E-state index in [0.29, 0.717) is 12.1 Å². The van der Waals surface area contributed by atoms with Crippen LogP contribution in [0, 0.1) is 32.1 Å². The molecule has 1 aromatic heterocycles. The van der Waals surface area contributed by atoms with Gasteiger partial charge in [0.05, 0.1) is 29.9 Å². The predicted molar refractivity (Wildman–Crippen MR) is 119 cm³/mol. The second kappa shape index (κ2) is 9.23. The number of carbonyl (C=O) groups is 1. The van der Waals surface area contributed by atoms with Gasteiger partial charge in [0.1, 0.15) is 0 Å². The first kappa shape index (κ1) is 21.1. The molecule has 2 aromatic carbocycles. The summed E-state index contributed by atoms with van der Waals surface area (Å²) < 4.78 is 1.97. The van der Waals surface area contributed by atoms with E-state index < -0.39 is 0 Å². The van der Waals surface area contributed by atoms with Gasteiger partial charge < -0.3 is 5.32 Å². The van der Waals surface area contributed by atoms with Crippen molar-refractivity contribution in [1.29, 1.82) is 5.26 Å². The Morgan fingerprint density at radius 3 is 2.43 bits per heavy atom. The molecule has 30 heavy (non-hydrogen) atoms. The van der Waals surface area contributed by atoms with E-state index in [-0.39, 0.29) is 11.9 Å². The van der Waals surface area contributed by atoms with Crippen LogP contribution in [0.4, 0.5) is 0 Å². The Morgan fingerprint density at radius 2 is 1.80 bits per heavy atom. The molecule has 0 radical (unpaired) electrons. The molecule has 5 heteroatoms. The van der Waals surface area contributed by atoms with E-state index in [2.05, 4.69) is 47.7 Å². The molecule has 3 rings (SSSR count). The average Bonchev–Trinajstić information content (AvgIpc) is 3.00. The predicted octanol–water partition coefficient (Wildman–Crippen LogP) is 4.62. The van der Waals surface area contributed by atoms with Gasteiger partial charge >= 0.3 is 0 Å². The van der Waals surface area contributed by atoms with Crippen molar-refractivity contribution in [2.45, 2.75) is 40.3 Å². The first-order chi connectivity index (χ1) is 14.4. The molecule has 0 saturated carbocycles. The number of benzene rings is 2. The Bertz CT molecular complexity index is 1100. The minimum atomic E-state index is -0.169. The largest absolute Gasteiger partial charge is 0.346 e. The highest BCUT2D eigenvalue weighted by atomic mass is 16.1. The molecule has 5 nitrogen and oxygen atoms in total. The first-order valence-electron chi connectivity index (χ1n) is 9.95. The molecular weight excluding hydrogens is 372 g/mol. The number of nitrogens with zero attached hydrogens (tertiary/aromatic N) is 3. The highest BCUT2D eigenvalue weighted by Crippen LogP contribution is 2.17. The molecule has 0 aliphatic heterocycles. The van der Waals surface area contributed by atoms with E-state index in [1.165, 1.54) is 11.1 Å². The summed E-state index contributed by atoms with van der Waals surface area (Å²) in [5.41, 5.74) is 6.86. The number of carbonyl (C=O) groups excluding carboxylic acids is 1. The van der Waals surface area contributed by atoms with Gasteiger partial charge in [-0.05, 0) is 57.0 Å². The summed E-state index contributed by atoms with van der Waals surface area (Å²) in [6.07, 6.45) is 3.37. The van der Waals surface area contributed by atoms with Gasteiger partial charge in [0, 0.05) is 17.3 Å². The van der Waals surface area contributed by atoms with Crippen molar-refractivity contribution in [1.82, 2.24) is 15.1 Å². The zero-order chi connectivity index (χ0) is 21.7. The lowest BCUT2D eigenvalue weighted by atomic mass is 10.1. The molecule has 1 amide bonds. The van der Waals surface area contributed by atoms with Crippen LogP contribution in [0.1, 0.15) is 52.2 Å². The Balaban J connectivity index is 1.67. The average molecular weight is 399 g/mol. The highest BCUT2D eigenvalue weighted by molar-refractivity contribution is 5.92. The maximum Gasteiger partial charge on any atom is 0.244 e. The topological polar surface area (TPSA) is 70.7 Å². The summed E-state index contributed by atoms with van der Waals surface area (Å²) in [4.78, 5) is 12.4. The van der Waals surface area contributed by atoms with E-state index in [1.54, 1.807) is 18.2 Å². The van der Waals surface area contributed by atoms with Gasteiger partial charge in [-0.3, -0.25) is 9.48 Å². The molecule has 0 aliphatic rings. The van der Waals surface area contributed by atoms with Gasteiger partial charge in [-0.2, -0.15) is 10.4 Å². The highest BCUT2D eigenvalue weighted by Gasteiger charge is 2.11. The van der Waals surface area contributed by atoms with Gasteiger partial charge in [-0.25, -0.2) is 0 Å². The van der Waals surface area contributed by atoms with Gasteiger partial charge in [-0.15, -0.1) is 0 Å². The molecule has 0 spiro atoms. The van der Waals surface area contributed by atoms with Gasteiger partial charge in [0.25, 0.3) is 0 Å². The summed E-state index contributed by atoms with van der Waals surface area (Å²) in [7, 11) is 0. The van der Waals surface area contributed by atoms with Crippen LogP contribution >= 0.6 is 0 Å². The summed E-state index contributed by atoms with van der Waals surface area (Å²) >= 11 is 0. The lowest BCUT2D eigenvalue weighted by Gasteiger charge is -2.12. The minimum absolute atomic E-state index is 0.152. The van der Waals surface area contributed by atoms with Crippen LogP contribution in [0.2, 0.25) is 0 Å². The number of amides is 1. The number of nitrogens with one attached hydrogen (secondary N) is 1. The van der Waals surface area contributed by atoms with Crippen molar-refractivity contribution in [2.75, 3.05) is 0 Å². The van der Waals surface area contributed by atoms with E-state index >= 15 is 0 Å². The monoisotopic (exact) mass is 398 g/mol. The fourth-order valence-corrected chi connectivity index (χ4v) is 3.32. The third-order valence-electron chi connectivity index (χ3n) is 5.19. The summed E-state index contributed by atoms with van der Waals surface area (Å²) in [6, 6.07) is 17.6. The molecule has 0 bridgehead atoms. The van der Waals surface area contributed by atoms with Crippen LogP contribution in [-0.2, 0) is 11.3 Å². The number of hydrogen-bond acceptors (Lipinski definition) is 3. The normalized spacial score (nSPS) is 12.0. The number of aryl methyl sites for hydroxylation is 2. The lowest BCUT2D eigenvalue weighted by molar-refractivity contribution is -0.117. The zero-order valence-electron chi connectivity index (χ0n) is 17.8. The quantitative estimate of drug-likeness (QED) is 0.616. The molecule has 0 saturated heterocycles. The summed E-state index contributed by atoms with van der Waals surface area (Å²) in [5, 5.41) is 16.5. The van der Waals surface area contributed by atoms with Gasteiger partial charge in [0.15, 0.2) is 0 Å². The van der Waals surface area contributed by atoms with Crippen molar-refractivity contribution in [2.24, 2.45) is 0 Å². The Hall–Kier alpha value is -3.65. The minimum Gasteiger partial charge on any atom is -0.346 e. The first-order valence-corrected chi connectivity index (χ1v) is 9.95. The van der Waals surface area contributed by atoms with Gasteiger partial charge in [-0.1, -0.05) is 42.0 Å². The third-order valence-corrected chi connectivity index (χ3v) is 5.19. The van der Waals surface area contributed by atoms with Crippen molar-refractivity contribution < 1.29 is 4.79 Å². The van der Waals surface area contributed by atoms with Crippen LogP contribution < -0.4 is 5.32 Å². The standard InChI is InChI=1S/C25H26N4O/c1-17-5-7-22(8-6-17)16-29-20(4)24(19(3)28-29)13-14-25(30)27-18(2)23-11-9-21(15-26)10-12-23/h5-14,18H,16H2,1-4H3,(H,27,30)/b14-13+. The Kier molecular flexibility index (Phi) is 6.48. The van der Waals surface area contributed by atoms with Crippen LogP contribution in [0.15, 0.2) is 54.6 Å². The van der Waals surface area contributed by atoms with Crippen molar-refractivity contribution in [3.05, 3.63) is 93.8 Å². The maximum absolute atomic E-state index is 12.4. The van der Waals surface area contributed by atoms with Crippen molar-refractivity contribution in [3.8, 4) is 6.07 Å².